The highest BCUT2D eigenvalue weighted by Crippen LogP contribution is 2.61. The maximum Gasteiger partial charge on any atom is 0.309 e. The molecule has 3 aliphatic rings. The average Bonchev–Trinajstić information content (AvgIpc) is 2.91. The van der Waals surface area contributed by atoms with Crippen LogP contribution in [0.3, 0.4) is 0 Å². The Morgan fingerprint density at radius 1 is 1.26 bits per heavy atom. The number of aliphatic hydroxyl groups is 1. The summed E-state index contributed by atoms with van der Waals surface area (Å²) in [6, 6.07) is 0. The van der Waals surface area contributed by atoms with E-state index in [9.17, 15) is 9.90 Å². The van der Waals surface area contributed by atoms with Gasteiger partial charge in [-0.15, -0.1) is 0 Å². The van der Waals surface area contributed by atoms with Crippen LogP contribution in [0.1, 0.15) is 65.2 Å². The molecule has 0 bridgehead atoms. The van der Waals surface area contributed by atoms with Gasteiger partial charge in [0.2, 0.25) is 0 Å². The lowest BCUT2D eigenvalue weighted by Crippen LogP contribution is -2.51. The third-order valence-corrected chi connectivity index (χ3v) is 7.35. The van der Waals surface area contributed by atoms with Gasteiger partial charge in [-0.1, -0.05) is 32.4 Å². The lowest BCUT2D eigenvalue weighted by molar-refractivity contribution is -0.141. The molecule has 3 fully saturated rings. The minimum absolute atomic E-state index is 0.00281. The molecule has 1 saturated heterocycles. The molecule has 0 aromatic rings. The number of esters is 1. The third kappa shape index (κ3) is 2.86. The van der Waals surface area contributed by atoms with Gasteiger partial charge in [0.05, 0.1) is 12.5 Å². The van der Waals surface area contributed by atoms with Crippen molar-refractivity contribution in [1.82, 2.24) is 0 Å². The molecule has 2 aliphatic carbocycles. The summed E-state index contributed by atoms with van der Waals surface area (Å²) < 4.78 is 5.12. The van der Waals surface area contributed by atoms with Gasteiger partial charge in [-0.05, 0) is 67.6 Å². The maximum atomic E-state index is 11.8. The molecule has 1 N–H and O–H groups in total. The maximum absolute atomic E-state index is 11.8. The normalized spacial score (nSPS) is 44.0. The second-order valence-electron chi connectivity index (χ2n) is 8.70. The van der Waals surface area contributed by atoms with Crippen LogP contribution in [-0.4, -0.2) is 24.3 Å². The van der Waals surface area contributed by atoms with E-state index in [-0.39, 0.29) is 22.7 Å². The smallest absolute Gasteiger partial charge is 0.309 e. The summed E-state index contributed by atoms with van der Waals surface area (Å²) in [6.45, 7) is 9.97. The lowest BCUT2D eigenvalue weighted by Gasteiger charge is -2.58. The van der Waals surface area contributed by atoms with E-state index in [0.717, 1.165) is 38.5 Å². The van der Waals surface area contributed by atoms with Crippen LogP contribution in [0.4, 0.5) is 0 Å². The van der Waals surface area contributed by atoms with Gasteiger partial charge in [0, 0.05) is 6.61 Å². The number of ether oxygens (including phenoxy) is 1. The van der Waals surface area contributed by atoms with Crippen molar-refractivity contribution in [3.05, 3.63) is 12.2 Å². The first kappa shape index (κ1) is 17.0. The van der Waals surface area contributed by atoms with Crippen molar-refractivity contribution in [1.29, 1.82) is 0 Å². The molecule has 0 radical (unpaired) electrons. The van der Waals surface area contributed by atoms with Crippen LogP contribution < -0.4 is 0 Å². The Hall–Kier alpha value is -0.830. The first-order valence-electron chi connectivity index (χ1n) is 9.36. The highest BCUT2D eigenvalue weighted by molar-refractivity contribution is 5.74. The quantitative estimate of drug-likeness (QED) is 0.626. The van der Waals surface area contributed by atoms with E-state index < -0.39 is 0 Å². The third-order valence-electron chi connectivity index (χ3n) is 7.35. The molecule has 130 valence electrons. The summed E-state index contributed by atoms with van der Waals surface area (Å²) >= 11 is 0. The Kier molecular flexibility index (Phi) is 4.61. The number of hydrogen-bond donors (Lipinski definition) is 1. The van der Waals surface area contributed by atoms with Crippen molar-refractivity contribution in [2.75, 3.05) is 13.2 Å². The largest absolute Gasteiger partial charge is 0.465 e. The predicted octanol–water partition coefficient (Wildman–Crippen LogP) is 4.10. The number of carbonyl (C=O) groups excluding carboxylic acids is 1. The molecule has 3 nitrogen and oxygen atoms in total. The molecule has 5 atom stereocenters. The molecular weight excluding hydrogens is 288 g/mol. The number of cyclic esters (lactones) is 1. The van der Waals surface area contributed by atoms with E-state index in [1.807, 2.05) is 0 Å². The van der Waals surface area contributed by atoms with Crippen molar-refractivity contribution in [3.8, 4) is 0 Å². The first-order chi connectivity index (χ1) is 10.9. The zero-order chi connectivity index (χ0) is 16.7. The fourth-order valence-electron chi connectivity index (χ4n) is 5.97. The predicted molar refractivity (Wildman–Crippen MR) is 90.8 cm³/mol. The summed E-state index contributed by atoms with van der Waals surface area (Å²) in [5, 5.41) is 10.0. The molecule has 1 heterocycles. The molecular formula is C20H32O3. The van der Waals surface area contributed by atoms with Crippen molar-refractivity contribution < 1.29 is 14.6 Å². The Morgan fingerprint density at radius 3 is 2.70 bits per heavy atom. The van der Waals surface area contributed by atoms with Gasteiger partial charge in [-0.25, -0.2) is 0 Å². The van der Waals surface area contributed by atoms with E-state index in [2.05, 4.69) is 20.4 Å². The van der Waals surface area contributed by atoms with E-state index in [4.69, 9.17) is 4.74 Å². The molecule has 0 spiro atoms. The van der Waals surface area contributed by atoms with Crippen LogP contribution >= 0.6 is 0 Å². The molecule has 1 aliphatic heterocycles. The number of allylic oxidation sites excluding steroid dienone is 1. The average molecular weight is 320 g/mol. The van der Waals surface area contributed by atoms with Gasteiger partial charge < -0.3 is 9.84 Å². The molecule has 23 heavy (non-hydrogen) atoms. The van der Waals surface area contributed by atoms with Crippen LogP contribution in [0.15, 0.2) is 12.2 Å². The molecule has 0 aromatic carbocycles. The summed E-state index contributed by atoms with van der Waals surface area (Å²) in [7, 11) is 0. The van der Waals surface area contributed by atoms with Crippen LogP contribution in [0.2, 0.25) is 0 Å². The van der Waals surface area contributed by atoms with Gasteiger partial charge in [0.25, 0.3) is 0 Å². The standard InChI is InChI=1S/C20H32O3/c1-14-5-8-17-19(2,13-21)10-4-11-20(17,3)16(14)7-6-15-9-12-23-18(15)22/h15-17,21H,1,4-13H2,2-3H3/t15-,16-,17?,19+,20+/m0/s1. The number of aliphatic hydroxyl groups excluding tert-OH is 1. The van der Waals surface area contributed by atoms with Crippen molar-refractivity contribution >= 4 is 5.97 Å². The second kappa shape index (κ2) is 6.23. The minimum atomic E-state index is -0.00281. The summed E-state index contributed by atoms with van der Waals surface area (Å²) in [6.07, 6.45) is 8.66. The van der Waals surface area contributed by atoms with Crippen molar-refractivity contribution in [2.24, 2.45) is 28.6 Å². The van der Waals surface area contributed by atoms with Crippen LogP contribution in [0.5, 0.6) is 0 Å². The van der Waals surface area contributed by atoms with Gasteiger partial charge >= 0.3 is 5.97 Å². The Morgan fingerprint density at radius 2 is 2.04 bits per heavy atom. The van der Waals surface area contributed by atoms with Crippen LogP contribution in [0.25, 0.3) is 0 Å². The van der Waals surface area contributed by atoms with E-state index in [1.54, 1.807) is 0 Å². The monoisotopic (exact) mass is 320 g/mol. The van der Waals surface area contributed by atoms with Crippen LogP contribution in [0, 0.1) is 28.6 Å². The Balaban J connectivity index is 1.77. The molecule has 3 rings (SSSR count). The number of hydrogen-bond acceptors (Lipinski definition) is 3. The Labute approximate surface area is 140 Å². The molecule has 0 aromatic heterocycles. The first-order valence-corrected chi connectivity index (χ1v) is 9.36. The molecule has 1 unspecified atom stereocenters. The topological polar surface area (TPSA) is 46.5 Å². The fourth-order valence-corrected chi connectivity index (χ4v) is 5.97. The fraction of sp³-hybridized carbons (Fsp3) is 0.850. The van der Waals surface area contributed by atoms with Crippen molar-refractivity contribution in [2.45, 2.75) is 65.2 Å². The molecule has 2 saturated carbocycles. The van der Waals surface area contributed by atoms with Gasteiger partial charge in [0.15, 0.2) is 0 Å². The molecule has 3 heteroatoms. The zero-order valence-electron chi connectivity index (χ0n) is 14.8. The lowest BCUT2D eigenvalue weighted by atomic mass is 9.46. The van der Waals surface area contributed by atoms with Crippen molar-refractivity contribution in [3.63, 3.8) is 0 Å². The Bertz CT molecular complexity index is 485. The highest BCUT2D eigenvalue weighted by Gasteiger charge is 2.54. The van der Waals surface area contributed by atoms with E-state index in [1.165, 1.54) is 18.4 Å². The summed E-state index contributed by atoms with van der Waals surface area (Å²) in [5.41, 5.74) is 1.66. The summed E-state index contributed by atoms with van der Waals surface area (Å²) in [4.78, 5) is 11.8. The SMILES string of the molecule is C=C1CCC2[C@@](C)(CO)CCC[C@]2(C)[C@H]1CC[C@H]1CCOC1=O. The minimum Gasteiger partial charge on any atom is -0.465 e. The number of carbonyl (C=O) groups is 1. The van der Waals surface area contributed by atoms with E-state index in [0.29, 0.717) is 25.0 Å². The van der Waals surface area contributed by atoms with E-state index >= 15 is 0 Å². The molecule has 0 amide bonds. The van der Waals surface area contributed by atoms with Gasteiger partial charge in [0.1, 0.15) is 0 Å². The van der Waals surface area contributed by atoms with Crippen LogP contribution in [-0.2, 0) is 9.53 Å². The second-order valence-corrected chi connectivity index (χ2v) is 8.70. The highest BCUT2D eigenvalue weighted by atomic mass is 16.5. The summed E-state index contributed by atoms with van der Waals surface area (Å²) in [5.74, 6) is 1.15. The number of fused-ring (bicyclic) bond motifs is 1. The zero-order valence-corrected chi connectivity index (χ0v) is 14.8. The van der Waals surface area contributed by atoms with Gasteiger partial charge in [-0.3, -0.25) is 4.79 Å². The van der Waals surface area contributed by atoms with Gasteiger partial charge in [-0.2, -0.15) is 0 Å². The number of rotatable bonds is 4.